The van der Waals surface area contributed by atoms with Crippen molar-refractivity contribution in [2.24, 2.45) is 0 Å². The second kappa shape index (κ2) is 7.63. The average Bonchev–Trinajstić information content (AvgIpc) is 2.49. The fourth-order valence-corrected chi connectivity index (χ4v) is 2.67. The third-order valence-electron chi connectivity index (χ3n) is 3.53. The average molecular weight is 338 g/mol. The quantitative estimate of drug-likeness (QED) is 0.860. The molecule has 0 heterocycles. The molecule has 0 bridgehead atoms. The zero-order valence-corrected chi connectivity index (χ0v) is 14.1. The van der Waals surface area contributed by atoms with Gasteiger partial charge in [0.15, 0.2) is 6.54 Å². The third-order valence-corrected chi connectivity index (χ3v) is 4.11. The number of halogens is 2. The molecule has 0 aliphatic heterocycles. The number of anilines is 1. The Balaban J connectivity index is 1.93. The van der Waals surface area contributed by atoms with Crippen molar-refractivity contribution in [3.63, 3.8) is 0 Å². The summed E-state index contributed by atoms with van der Waals surface area (Å²) in [5, 5.41) is 6.17. The maximum absolute atomic E-state index is 12.1. The minimum absolute atomic E-state index is 0.0655. The van der Waals surface area contributed by atoms with E-state index in [-0.39, 0.29) is 11.9 Å². The van der Waals surface area contributed by atoms with Crippen LogP contribution >= 0.6 is 23.2 Å². The van der Waals surface area contributed by atoms with Crippen LogP contribution in [0.4, 0.5) is 5.69 Å². The number of nitrogens with two attached hydrogens (primary N) is 1. The first-order chi connectivity index (χ1) is 10.5. The molecule has 2 rings (SSSR count). The maximum Gasteiger partial charge on any atom is 0.279 e. The highest BCUT2D eigenvalue weighted by atomic mass is 35.5. The highest BCUT2D eigenvalue weighted by Gasteiger charge is 2.14. The monoisotopic (exact) mass is 337 g/mol. The Morgan fingerprint density at radius 1 is 1.23 bits per heavy atom. The van der Waals surface area contributed by atoms with Crippen molar-refractivity contribution in [2.45, 2.75) is 19.9 Å². The molecule has 1 amide bonds. The van der Waals surface area contributed by atoms with Crippen LogP contribution in [-0.4, -0.2) is 12.5 Å². The zero-order valence-electron chi connectivity index (χ0n) is 12.6. The van der Waals surface area contributed by atoms with Crippen molar-refractivity contribution in [2.75, 3.05) is 11.9 Å². The summed E-state index contributed by atoms with van der Waals surface area (Å²) < 4.78 is 0. The fraction of sp³-hybridized carbons (Fsp3) is 0.235. The summed E-state index contributed by atoms with van der Waals surface area (Å²) in [6.45, 7) is 4.28. The lowest BCUT2D eigenvalue weighted by Crippen LogP contribution is -2.86. The van der Waals surface area contributed by atoms with Crippen molar-refractivity contribution in [3.8, 4) is 0 Å². The first-order valence-corrected chi connectivity index (χ1v) is 7.86. The van der Waals surface area contributed by atoms with E-state index in [0.717, 1.165) is 21.8 Å². The van der Waals surface area contributed by atoms with Gasteiger partial charge in [-0.2, -0.15) is 0 Å². The van der Waals surface area contributed by atoms with Gasteiger partial charge < -0.3 is 10.6 Å². The van der Waals surface area contributed by atoms with E-state index in [0.29, 0.717) is 11.6 Å². The number of amides is 1. The predicted octanol–water partition coefficient (Wildman–Crippen LogP) is 3.56. The predicted molar refractivity (Wildman–Crippen MR) is 91.5 cm³/mol. The first kappa shape index (κ1) is 16.8. The molecule has 0 saturated heterocycles. The summed E-state index contributed by atoms with van der Waals surface area (Å²) >= 11 is 12.1. The van der Waals surface area contributed by atoms with Crippen LogP contribution in [0.25, 0.3) is 0 Å². The SMILES string of the molecule is Cc1ccc(Cl)cc1NC(=O)C[NH2+][C@@H](C)c1ccccc1Cl. The Bertz CT molecular complexity index is 673. The standard InChI is InChI=1S/C17H18Cl2N2O/c1-11-7-8-13(18)9-16(11)21-17(22)10-20-12(2)14-5-3-4-6-15(14)19/h3-9,12,20H,10H2,1-2H3,(H,21,22)/p+1/t12-/m0/s1. The van der Waals surface area contributed by atoms with Crippen molar-refractivity contribution in [3.05, 3.63) is 63.6 Å². The second-order valence-electron chi connectivity index (χ2n) is 5.26. The van der Waals surface area contributed by atoms with Crippen LogP contribution in [0.2, 0.25) is 10.0 Å². The number of carbonyl (C=O) groups is 1. The Hall–Kier alpha value is -1.55. The van der Waals surface area contributed by atoms with Crippen molar-refractivity contribution < 1.29 is 10.1 Å². The lowest BCUT2D eigenvalue weighted by Gasteiger charge is -2.13. The Labute approximate surface area is 140 Å². The minimum atomic E-state index is -0.0655. The van der Waals surface area contributed by atoms with Crippen LogP contribution in [0.15, 0.2) is 42.5 Å². The first-order valence-electron chi connectivity index (χ1n) is 7.11. The molecule has 3 nitrogen and oxygen atoms in total. The van der Waals surface area contributed by atoms with E-state index in [1.54, 1.807) is 12.1 Å². The molecule has 2 aromatic rings. The second-order valence-corrected chi connectivity index (χ2v) is 6.10. The van der Waals surface area contributed by atoms with Crippen LogP contribution in [0.1, 0.15) is 24.1 Å². The lowest BCUT2D eigenvalue weighted by atomic mass is 10.1. The normalized spacial score (nSPS) is 12.0. The summed E-state index contributed by atoms with van der Waals surface area (Å²) in [6, 6.07) is 13.2. The Kier molecular flexibility index (Phi) is 5.83. The molecule has 116 valence electrons. The Morgan fingerprint density at radius 3 is 2.68 bits per heavy atom. The zero-order chi connectivity index (χ0) is 16.1. The van der Waals surface area contributed by atoms with Gasteiger partial charge in [-0.25, -0.2) is 0 Å². The van der Waals surface area contributed by atoms with Gasteiger partial charge in [-0.15, -0.1) is 0 Å². The molecule has 0 aliphatic rings. The van der Waals surface area contributed by atoms with E-state index >= 15 is 0 Å². The highest BCUT2D eigenvalue weighted by Crippen LogP contribution is 2.20. The van der Waals surface area contributed by atoms with Gasteiger partial charge >= 0.3 is 0 Å². The molecule has 0 unspecified atom stereocenters. The third kappa shape index (κ3) is 4.47. The van der Waals surface area contributed by atoms with Crippen molar-refractivity contribution in [1.82, 2.24) is 0 Å². The highest BCUT2D eigenvalue weighted by molar-refractivity contribution is 6.31. The molecule has 0 aromatic heterocycles. The topological polar surface area (TPSA) is 45.7 Å². The number of hydrogen-bond acceptors (Lipinski definition) is 1. The van der Waals surface area contributed by atoms with Gasteiger partial charge in [0.2, 0.25) is 0 Å². The molecule has 0 spiro atoms. The number of carbonyl (C=O) groups excluding carboxylic acids is 1. The van der Waals surface area contributed by atoms with E-state index in [4.69, 9.17) is 23.2 Å². The van der Waals surface area contributed by atoms with Crippen LogP contribution in [-0.2, 0) is 4.79 Å². The molecule has 0 aliphatic carbocycles. The summed E-state index contributed by atoms with van der Waals surface area (Å²) in [4.78, 5) is 12.1. The number of quaternary nitrogens is 1. The molecule has 3 N–H and O–H groups in total. The van der Waals surface area contributed by atoms with Crippen LogP contribution < -0.4 is 10.6 Å². The maximum atomic E-state index is 12.1. The van der Waals surface area contributed by atoms with Gasteiger partial charge in [-0.1, -0.05) is 47.5 Å². The van der Waals surface area contributed by atoms with Crippen LogP contribution in [0, 0.1) is 6.92 Å². The van der Waals surface area contributed by atoms with Crippen LogP contribution in [0.5, 0.6) is 0 Å². The lowest BCUT2D eigenvalue weighted by molar-refractivity contribution is -0.682. The number of benzene rings is 2. The van der Waals surface area contributed by atoms with E-state index in [2.05, 4.69) is 5.32 Å². The number of rotatable bonds is 5. The van der Waals surface area contributed by atoms with Crippen molar-refractivity contribution >= 4 is 34.8 Å². The largest absolute Gasteiger partial charge is 0.332 e. The van der Waals surface area contributed by atoms with Gasteiger partial charge in [0.05, 0.1) is 0 Å². The molecule has 22 heavy (non-hydrogen) atoms. The van der Waals surface area contributed by atoms with E-state index < -0.39 is 0 Å². The summed E-state index contributed by atoms with van der Waals surface area (Å²) in [7, 11) is 0. The van der Waals surface area contributed by atoms with Gasteiger partial charge in [0.25, 0.3) is 5.91 Å². The molecule has 2 aromatic carbocycles. The minimum Gasteiger partial charge on any atom is -0.332 e. The molecule has 0 fully saturated rings. The molecule has 0 saturated carbocycles. The van der Waals surface area contributed by atoms with Gasteiger partial charge in [0.1, 0.15) is 6.04 Å². The van der Waals surface area contributed by atoms with Crippen LogP contribution in [0.3, 0.4) is 0 Å². The molecular weight excluding hydrogens is 319 g/mol. The molecule has 1 atom stereocenters. The molecule has 0 radical (unpaired) electrons. The number of nitrogens with one attached hydrogen (secondary N) is 1. The van der Waals surface area contributed by atoms with Gasteiger partial charge in [0, 0.05) is 21.3 Å². The van der Waals surface area contributed by atoms with Gasteiger partial charge in [-0.05, 0) is 37.6 Å². The summed E-state index contributed by atoms with van der Waals surface area (Å²) in [5.41, 5.74) is 2.75. The van der Waals surface area contributed by atoms with E-state index in [1.165, 1.54) is 0 Å². The smallest absolute Gasteiger partial charge is 0.279 e. The van der Waals surface area contributed by atoms with Gasteiger partial charge in [-0.3, -0.25) is 4.79 Å². The summed E-state index contributed by atoms with van der Waals surface area (Å²) in [5.74, 6) is -0.0655. The Morgan fingerprint density at radius 2 is 1.95 bits per heavy atom. The van der Waals surface area contributed by atoms with E-state index in [9.17, 15) is 4.79 Å². The molecular formula is C17H19Cl2N2O+. The summed E-state index contributed by atoms with van der Waals surface area (Å²) in [6.07, 6.45) is 0. The number of aryl methyl sites for hydroxylation is 1. The fourth-order valence-electron chi connectivity index (χ4n) is 2.19. The molecule has 5 heteroatoms. The van der Waals surface area contributed by atoms with E-state index in [1.807, 2.05) is 49.5 Å². The number of hydrogen-bond donors (Lipinski definition) is 2. The van der Waals surface area contributed by atoms with Crippen molar-refractivity contribution in [1.29, 1.82) is 0 Å².